The van der Waals surface area contributed by atoms with Gasteiger partial charge in [0.05, 0.1) is 0 Å². The van der Waals surface area contributed by atoms with Crippen molar-refractivity contribution in [3.8, 4) is 0 Å². The Morgan fingerprint density at radius 1 is 1.18 bits per heavy atom. The predicted octanol–water partition coefficient (Wildman–Crippen LogP) is 1.56. The fraction of sp³-hybridized carbons (Fsp3) is 0.800. The monoisotopic (exact) mass is 251 g/mol. The van der Waals surface area contributed by atoms with E-state index in [4.69, 9.17) is 0 Å². The normalized spacial score (nSPS) is 31.4. The lowest BCUT2D eigenvalue weighted by atomic mass is 9.57. The molecule has 1 N–H and O–H groups in total. The van der Waals surface area contributed by atoms with E-state index in [0.717, 1.165) is 25.7 Å². The maximum Gasteiger partial charge on any atom is 0.493 e. The lowest BCUT2D eigenvalue weighted by Gasteiger charge is -2.47. The van der Waals surface area contributed by atoms with Gasteiger partial charge in [-0.3, -0.25) is 4.79 Å². The van der Waals surface area contributed by atoms with Gasteiger partial charge in [-0.25, -0.2) is 4.79 Å². The van der Waals surface area contributed by atoms with Gasteiger partial charge in [0.2, 0.25) is 0 Å². The highest BCUT2D eigenvalue weighted by molar-refractivity contribution is 5.82. The number of fused-ring (bicyclic) bond motifs is 2. The Labute approximate surface area is 95.4 Å². The summed E-state index contributed by atoms with van der Waals surface area (Å²) in [6.45, 7) is 0. The van der Waals surface area contributed by atoms with Gasteiger partial charge in [-0.05, 0) is 31.1 Å². The van der Waals surface area contributed by atoms with Crippen LogP contribution in [0.2, 0.25) is 0 Å². The van der Waals surface area contributed by atoms with Crippen LogP contribution in [0.15, 0.2) is 0 Å². The second-order valence-electron chi connectivity index (χ2n) is 4.57. The van der Waals surface area contributed by atoms with Crippen LogP contribution in [-0.2, 0) is 14.4 Å². The lowest BCUT2D eigenvalue weighted by Crippen LogP contribution is -2.50. The molecule has 0 saturated heterocycles. The third kappa shape index (κ3) is 2.37. The summed E-state index contributed by atoms with van der Waals surface area (Å²) in [6.07, 6.45) is -1.24. The molecule has 0 aliphatic heterocycles. The van der Waals surface area contributed by atoms with Gasteiger partial charge >= 0.3 is 12.1 Å². The number of nitrogens with one attached hydrogen (secondary N) is 1. The fourth-order valence-corrected chi connectivity index (χ4v) is 2.76. The highest BCUT2D eigenvalue weighted by atomic mass is 19.4. The number of hydrogen-bond acceptors (Lipinski definition) is 3. The van der Waals surface area contributed by atoms with Crippen molar-refractivity contribution in [2.45, 2.75) is 31.9 Å². The van der Waals surface area contributed by atoms with Crippen molar-refractivity contribution in [3.05, 3.63) is 0 Å². The van der Waals surface area contributed by atoms with Gasteiger partial charge in [-0.1, -0.05) is 6.42 Å². The van der Waals surface area contributed by atoms with Crippen LogP contribution in [0.25, 0.3) is 0 Å². The highest BCUT2D eigenvalue weighted by Gasteiger charge is 2.48. The zero-order valence-electron chi connectivity index (χ0n) is 8.92. The van der Waals surface area contributed by atoms with Crippen LogP contribution in [-0.4, -0.2) is 18.1 Å². The Bertz CT molecular complexity index is 328. The number of carbonyl (C=O) groups is 2. The molecular formula is C10H12F3NO3. The molecule has 3 fully saturated rings. The van der Waals surface area contributed by atoms with Gasteiger partial charge < -0.3 is 4.84 Å². The van der Waals surface area contributed by atoms with Crippen molar-refractivity contribution in [2.75, 3.05) is 0 Å². The molecule has 3 saturated carbocycles. The van der Waals surface area contributed by atoms with E-state index in [1.54, 1.807) is 5.48 Å². The number of rotatable bonds is 1. The highest BCUT2D eigenvalue weighted by Crippen LogP contribution is 2.50. The van der Waals surface area contributed by atoms with Gasteiger partial charge in [-0.15, -0.1) is 0 Å². The largest absolute Gasteiger partial charge is 0.493 e. The van der Waals surface area contributed by atoms with Crippen LogP contribution in [0, 0.1) is 17.8 Å². The van der Waals surface area contributed by atoms with Crippen molar-refractivity contribution >= 4 is 11.9 Å². The van der Waals surface area contributed by atoms with Crippen molar-refractivity contribution in [1.29, 1.82) is 0 Å². The number of carbonyl (C=O) groups excluding carboxylic acids is 2. The molecule has 0 radical (unpaired) electrons. The molecule has 3 aliphatic carbocycles. The smallest absolute Gasteiger partial charge is 0.332 e. The maximum absolute atomic E-state index is 11.8. The zero-order valence-corrected chi connectivity index (χ0v) is 8.92. The summed E-state index contributed by atoms with van der Waals surface area (Å²) in [6, 6.07) is 0. The van der Waals surface area contributed by atoms with Gasteiger partial charge in [0.1, 0.15) is 0 Å². The molecule has 0 aromatic rings. The van der Waals surface area contributed by atoms with Crippen molar-refractivity contribution < 1.29 is 27.6 Å². The molecule has 3 rings (SSSR count). The Morgan fingerprint density at radius 3 is 2.24 bits per heavy atom. The van der Waals surface area contributed by atoms with Crippen LogP contribution < -0.4 is 5.48 Å². The van der Waals surface area contributed by atoms with E-state index in [9.17, 15) is 22.8 Å². The molecule has 2 bridgehead atoms. The Kier molecular flexibility index (Phi) is 3.01. The first-order chi connectivity index (χ1) is 7.89. The molecule has 7 heteroatoms. The van der Waals surface area contributed by atoms with E-state index in [1.165, 1.54) is 0 Å². The molecule has 0 aromatic heterocycles. The second-order valence-corrected chi connectivity index (χ2v) is 4.57. The summed E-state index contributed by atoms with van der Waals surface area (Å²) in [5.74, 6) is -2.82. The molecule has 96 valence electrons. The predicted molar refractivity (Wildman–Crippen MR) is 49.2 cm³/mol. The van der Waals surface area contributed by atoms with Gasteiger partial charge in [-0.2, -0.15) is 18.7 Å². The summed E-state index contributed by atoms with van der Waals surface area (Å²) >= 11 is 0. The average molecular weight is 251 g/mol. The van der Waals surface area contributed by atoms with E-state index < -0.39 is 18.1 Å². The summed E-state index contributed by atoms with van der Waals surface area (Å²) < 4.78 is 35.4. The third-order valence-electron chi connectivity index (χ3n) is 3.55. The Hall–Kier alpha value is -1.27. The van der Waals surface area contributed by atoms with Crippen LogP contribution in [0.4, 0.5) is 13.2 Å². The van der Waals surface area contributed by atoms with Crippen LogP contribution in [0.5, 0.6) is 0 Å². The molecular weight excluding hydrogens is 239 g/mol. The molecule has 0 heterocycles. The number of amides is 1. The Morgan fingerprint density at radius 2 is 1.76 bits per heavy atom. The lowest BCUT2D eigenvalue weighted by molar-refractivity contribution is -0.209. The minimum Gasteiger partial charge on any atom is -0.332 e. The molecule has 17 heavy (non-hydrogen) atoms. The van der Waals surface area contributed by atoms with Crippen LogP contribution in [0.1, 0.15) is 25.7 Å². The molecule has 0 aromatic carbocycles. The molecule has 4 nitrogen and oxygen atoms in total. The molecule has 1 amide bonds. The second kappa shape index (κ2) is 4.19. The maximum atomic E-state index is 11.8. The average Bonchev–Trinajstić information content (AvgIpc) is 2.25. The zero-order chi connectivity index (χ0) is 12.6. The van der Waals surface area contributed by atoms with E-state index in [1.807, 2.05) is 0 Å². The number of hydroxylamine groups is 1. The summed E-state index contributed by atoms with van der Waals surface area (Å²) in [4.78, 5) is 25.6. The van der Waals surface area contributed by atoms with E-state index in [0.29, 0.717) is 0 Å². The number of halogens is 3. The topological polar surface area (TPSA) is 55.4 Å². The van der Waals surface area contributed by atoms with Gasteiger partial charge in [0.25, 0.3) is 5.91 Å². The van der Waals surface area contributed by atoms with Crippen molar-refractivity contribution in [1.82, 2.24) is 5.48 Å². The SMILES string of the molecule is O=C(NOC(=O)C(F)(F)F)C1C2CCCC1C2. The number of hydrogen-bond donors (Lipinski definition) is 1. The summed E-state index contributed by atoms with van der Waals surface area (Å²) in [7, 11) is 0. The molecule has 2 unspecified atom stereocenters. The molecule has 2 atom stereocenters. The van der Waals surface area contributed by atoms with Gasteiger partial charge in [0, 0.05) is 5.92 Å². The molecule has 0 spiro atoms. The van der Waals surface area contributed by atoms with Crippen LogP contribution >= 0.6 is 0 Å². The van der Waals surface area contributed by atoms with E-state index >= 15 is 0 Å². The minimum absolute atomic E-state index is 0.235. The fourth-order valence-electron chi connectivity index (χ4n) is 2.76. The van der Waals surface area contributed by atoms with E-state index in [-0.39, 0.29) is 17.8 Å². The first-order valence-electron chi connectivity index (χ1n) is 5.47. The minimum atomic E-state index is -5.08. The standard InChI is InChI=1S/C10H12F3NO3/c11-10(12,13)9(16)17-14-8(15)7-5-2-1-3-6(7)4-5/h5-7H,1-4H2,(H,14,15). The van der Waals surface area contributed by atoms with Gasteiger partial charge in [0.15, 0.2) is 0 Å². The van der Waals surface area contributed by atoms with Crippen molar-refractivity contribution in [3.63, 3.8) is 0 Å². The van der Waals surface area contributed by atoms with E-state index in [2.05, 4.69) is 4.84 Å². The first kappa shape index (κ1) is 12.2. The quantitative estimate of drug-likeness (QED) is 0.719. The Balaban J connectivity index is 1.81. The summed E-state index contributed by atoms with van der Waals surface area (Å²) in [5.41, 5.74) is 1.61. The first-order valence-corrected chi connectivity index (χ1v) is 5.47. The molecule has 3 aliphatic rings. The third-order valence-corrected chi connectivity index (χ3v) is 3.55. The summed E-state index contributed by atoms with van der Waals surface area (Å²) in [5, 5.41) is 0. The van der Waals surface area contributed by atoms with Crippen LogP contribution in [0.3, 0.4) is 0 Å². The number of alkyl halides is 3. The van der Waals surface area contributed by atoms with Crippen molar-refractivity contribution in [2.24, 2.45) is 17.8 Å².